The molecule has 336 valence electrons. The summed E-state index contributed by atoms with van der Waals surface area (Å²) in [5.41, 5.74) is 5.33. The van der Waals surface area contributed by atoms with E-state index in [4.69, 9.17) is 50.5 Å². The van der Waals surface area contributed by atoms with Crippen LogP contribution in [0.5, 0.6) is 17.6 Å². The predicted molar refractivity (Wildman–Crippen MR) is 229 cm³/mol. The van der Waals surface area contributed by atoms with Gasteiger partial charge in [0.2, 0.25) is 17.5 Å². The Morgan fingerprint density at radius 1 is 0.678 bits per heavy atom. The first-order valence-electron chi connectivity index (χ1n) is 19.6. The van der Waals surface area contributed by atoms with Gasteiger partial charge in [0.15, 0.2) is 0 Å². The summed E-state index contributed by atoms with van der Waals surface area (Å²) in [5, 5.41) is 22.5. The van der Waals surface area contributed by atoms with Crippen molar-refractivity contribution in [1.82, 2.24) is 31.6 Å². The average Bonchev–Trinajstić information content (AvgIpc) is 3.54. The molecule has 5 N–H and O–H groups in total. The van der Waals surface area contributed by atoms with Gasteiger partial charge in [0.05, 0.1) is 87.3 Å². The van der Waals surface area contributed by atoms with E-state index in [2.05, 4.69) is 67.0 Å². The number of morpholine rings is 3. The molecule has 4 fully saturated rings. The molecule has 0 bridgehead atoms. The van der Waals surface area contributed by atoms with E-state index in [1.165, 1.54) is 11.7 Å². The lowest BCUT2D eigenvalue weighted by atomic mass is 10.1. The molecule has 4 saturated heterocycles. The molecule has 3 atom stereocenters. The van der Waals surface area contributed by atoms with Crippen LogP contribution in [0.2, 0.25) is 0 Å². The normalized spacial score (nSPS) is 19.2. The molecule has 4 aliphatic rings. The van der Waals surface area contributed by atoms with Gasteiger partial charge in [-0.15, -0.1) is 24.7 Å². The maximum atomic E-state index is 9.95. The second kappa shape index (κ2) is 25.4. The lowest BCUT2D eigenvalue weighted by Gasteiger charge is -2.27. The number of rotatable bonds is 15. The van der Waals surface area contributed by atoms with E-state index in [-0.39, 0.29) is 36.3 Å². The number of nitrogens with two attached hydrogens (primary N) is 1. The van der Waals surface area contributed by atoms with Gasteiger partial charge in [-0.05, 0) is 41.5 Å². The smallest absolute Gasteiger partial charge is 0.270 e. The minimum atomic E-state index is -0.684. The van der Waals surface area contributed by atoms with Crippen molar-refractivity contribution in [3.63, 3.8) is 0 Å². The average molecular weight is 913 g/mol. The molecule has 0 radical (unpaired) electrons. The molecule has 0 amide bonds. The molecule has 7 rings (SSSR count). The Morgan fingerprint density at radius 2 is 1.03 bits per heavy atom. The zero-order chi connectivity index (χ0) is 42.7. The van der Waals surface area contributed by atoms with Crippen LogP contribution in [0.15, 0.2) is 0 Å². The highest BCUT2D eigenvalue weighted by molar-refractivity contribution is 7.00. The van der Waals surface area contributed by atoms with Crippen molar-refractivity contribution in [2.45, 2.75) is 70.9 Å². The fourth-order valence-electron chi connectivity index (χ4n) is 4.92. The van der Waals surface area contributed by atoms with Crippen LogP contribution in [0.4, 0.5) is 17.5 Å². The van der Waals surface area contributed by atoms with Crippen LogP contribution < -0.4 is 40.0 Å². The third-order valence-corrected chi connectivity index (χ3v) is 9.80. The summed E-state index contributed by atoms with van der Waals surface area (Å²) in [7, 11) is 0. The number of aromatic nitrogens is 6. The van der Waals surface area contributed by atoms with E-state index < -0.39 is 12.2 Å². The SMILES string of the molecule is C1CN(c2nsnc2OCC2CO2)CCO1.CC(C)(C)N.CC(C)(C)NCC(O)COc1nsnc1N1CCOCC1.OC(CCl)COc1nsnc1N1CCOCC1. The van der Waals surface area contributed by atoms with Crippen molar-refractivity contribution in [2.75, 3.05) is 132 Å². The molecule has 3 unspecified atom stereocenters. The van der Waals surface area contributed by atoms with Crippen LogP contribution in [0.3, 0.4) is 0 Å². The largest absolute Gasteiger partial charge is 0.472 e. The monoisotopic (exact) mass is 911 g/mol. The third-order valence-electron chi connectivity index (χ3n) is 7.94. The van der Waals surface area contributed by atoms with Gasteiger partial charge in [0, 0.05) is 56.9 Å². The Labute approximate surface area is 364 Å². The number of aliphatic hydroxyl groups excluding tert-OH is 2. The summed E-state index contributed by atoms with van der Waals surface area (Å²) in [6.45, 7) is 23.3. The summed E-state index contributed by atoms with van der Waals surface area (Å²) in [6.07, 6.45) is -1.02. The van der Waals surface area contributed by atoms with Crippen LogP contribution in [-0.4, -0.2) is 184 Å². The summed E-state index contributed by atoms with van der Waals surface area (Å²) in [6, 6.07) is 0. The number of halogens is 1. The number of alkyl halides is 1. The van der Waals surface area contributed by atoms with E-state index in [1.54, 1.807) is 0 Å². The number of hydrogen-bond acceptors (Lipinski definition) is 23. The van der Waals surface area contributed by atoms with Gasteiger partial charge in [-0.25, -0.2) is 0 Å². The topological polar surface area (TPSA) is 233 Å². The molecule has 59 heavy (non-hydrogen) atoms. The van der Waals surface area contributed by atoms with Gasteiger partial charge < -0.3 is 69.1 Å². The Balaban J connectivity index is 0.000000186. The van der Waals surface area contributed by atoms with Crippen molar-refractivity contribution in [2.24, 2.45) is 5.73 Å². The Hall–Kier alpha value is -2.55. The molecule has 7 heterocycles. The molecular formula is C35H62ClN11O9S3. The second-order valence-electron chi connectivity index (χ2n) is 15.8. The lowest BCUT2D eigenvalue weighted by molar-refractivity contribution is 0.0975. The molecule has 3 aromatic heterocycles. The number of nitrogens with zero attached hydrogens (tertiary/aromatic N) is 9. The summed E-state index contributed by atoms with van der Waals surface area (Å²) in [5.74, 6) is 4.04. The molecule has 20 nitrogen and oxygen atoms in total. The lowest BCUT2D eigenvalue weighted by Crippen LogP contribution is -2.42. The highest BCUT2D eigenvalue weighted by Gasteiger charge is 2.26. The van der Waals surface area contributed by atoms with Crippen LogP contribution in [0.1, 0.15) is 41.5 Å². The predicted octanol–water partition coefficient (Wildman–Crippen LogP) is 1.75. The highest BCUT2D eigenvalue weighted by Crippen LogP contribution is 2.29. The van der Waals surface area contributed by atoms with Crippen LogP contribution in [-0.2, 0) is 18.9 Å². The van der Waals surface area contributed by atoms with Crippen LogP contribution in [0.25, 0.3) is 0 Å². The van der Waals surface area contributed by atoms with Gasteiger partial charge in [0.25, 0.3) is 17.6 Å². The van der Waals surface area contributed by atoms with Gasteiger partial charge >= 0.3 is 0 Å². The first-order chi connectivity index (χ1) is 28.2. The summed E-state index contributed by atoms with van der Waals surface area (Å²) < 4.78 is 62.7. The fraction of sp³-hybridized carbons (Fsp3) is 0.829. The highest BCUT2D eigenvalue weighted by atomic mass is 35.5. The van der Waals surface area contributed by atoms with Gasteiger partial charge in [-0.1, -0.05) is 0 Å². The Morgan fingerprint density at radius 3 is 1.37 bits per heavy atom. The quantitative estimate of drug-likeness (QED) is 0.126. The van der Waals surface area contributed by atoms with Gasteiger partial charge in [0.1, 0.15) is 38.1 Å². The molecule has 3 aromatic rings. The Bertz CT molecular complexity index is 1550. The maximum Gasteiger partial charge on any atom is 0.270 e. The van der Waals surface area contributed by atoms with Crippen molar-refractivity contribution in [3.8, 4) is 17.6 Å². The van der Waals surface area contributed by atoms with E-state index in [9.17, 15) is 10.2 Å². The minimum absolute atomic E-state index is 0. The van der Waals surface area contributed by atoms with E-state index in [1.807, 2.05) is 20.8 Å². The number of epoxide rings is 1. The van der Waals surface area contributed by atoms with Gasteiger partial charge in [-0.3, -0.25) is 0 Å². The zero-order valence-electron chi connectivity index (χ0n) is 34.9. The van der Waals surface area contributed by atoms with Crippen molar-refractivity contribution in [3.05, 3.63) is 0 Å². The van der Waals surface area contributed by atoms with Crippen molar-refractivity contribution in [1.29, 1.82) is 0 Å². The molecule has 0 saturated carbocycles. The fourth-order valence-corrected chi connectivity index (χ4v) is 6.57. The maximum absolute atomic E-state index is 9.95. The standard InChI is InChI=1S/C13H24N4O3S.C9H14ClN3O3S.C9H13N3O3S.C4H11N/c1-13(2,3)14-8-10(18)9-20-12-11(15-21-16-12)17-4-6-19-7-5-17;10-5-7(14)6-16-9-8(11-17-12-9)13-1-3-15-4-2-13;1-3-13-4-2-12(1)8-9(11-16-10-8)15-6-7-5-14-7;1-4(2,3)5/h10,14,18H,4-9H2,1-3H3;7,14H,1-6H2;7H,1-6H2;5H2,1-3H3. The number of ether oxygens (including phenoxy) is 7. The third kappa shape index (κ3) is 19.8. The van der Waals surface area contributed by atoms with Crippen LogP contribution >= 0.6 is 46.8 Å². The molecule has 24 heteroatoms. The Kier molecular flexibility index (Phi) is 21.1. The number of nitrogens with one attached hydrogen (secondary N) is 1. The number of β-amino-alcohol motifs (C(OH)–C–C–N with tert-alkyl or cyclic N) is 1. The van der Waals surface area contributed by atoms with Crippen LogP contribution in [0, 0.1) is 0 Å². The zero-order valence-corrected chi connectivity index (χ0v) is 38.1. The molecular weight excluding hydrogens is 850 g/mol. The first kappa shape index (κ1) is 49.1. The first-order valence-corrected chi connectivity index (χ1v) is 22.3. The van der Waals surface area contributed by atoms with Crippen molar-refractivity contribution < 1.29 is 43.4 Å². The minimum Gasteiger partial charge on any atom is -0.472 e. The van der Waals surface area contributed by atoms with E-state index in [0.717, 1.165) is 100.0 Å². The second-order valence-corrected chi connectivity index (χ2v) is 17.7. The molecule has 0 aliphatic carbocycles. The molecule has 0 spiro atoms. The number of aliphatic hydroxyl groups is 2. The molecule has 0 aromatic carbocycles. The number of anilines is 3. The van der Waals surface area contributed by atoms with E-state index >= 15 is 0 Å². The molecule has 4 aliphatic heterocycles. The summed E-state index contributed by atoms with van der Waals surface area (Å²) >= 11 is 8.90. The summed E-state index contributed by atoms with van der Waals surface area (Å²) in [4.78, 5) is 6.31. The van der Waals surface area contributed by atoms with E-state index in [0.29, 0.717) is 57.2 Å². The van der Waals surface area contributed by atoms with Crippen molar-refractivity contribution >= 4 is 64.2 Å². The number of hydrogen-bond donors (Lipinski definition) is 4. The van der Waals surface area contributed by atoms with Gasteiger partial charge in [-0.2, -0.15) is 13.1 Å².